The third-order valence-electron chi connectivity index (χ3n) is 18.9. The van der Waals surface area contributed by atoms with Crippen molar-refractivity contribution in [1.29, 1.82) is 0 Å². The Morgan fingerprint density at radius 1 is 0.195 bits per heavy atom. The van der Waals surface area contributed by atoms with Crippen LogP contribution in [0.25, 0.3) is 0 Å². The molecular weight excluding hydrogens is 1020 g/mol. The van der Waals surface area contributed by atoms with Crippen molar-refractivity contribution in [3.8, 4) is 0 Å². The van der Waals surface area contributed by atoms with E-state index in [1.165, 1.54) is 382 Å². The number of benzene rings is 1. The molecule has 4 heteroatoms. The zero-order valence-corrected chi connectivity index (χ0v) is 58.1. The van der Waals surface area contributed by atoms with E-state index >= 15 is 8.42 Å². The summed E-state index contributed by atoms with van der Waals surface area (Å²) < 4.78 is 37.7. The minimum absolute atomic E-state index is 0.330. The van der Waals surface area contributed by atoms with Crippen LogP contribution in [0.3, 0.4) is 0 Å². The lowest BCUT2D eigenvalue weighted by Gasteiger charge is -2.27. The fourth-order valence-corrected chi connectivity index (χ4v) is 15.0. The van der Waals surface area contributed by atoms with Gasteiger partial charge in [-0.3, -0.25) is 4.18 Å². The van der Waals surface area contributed by atoms with Crippen molar-refractivity contribution in [1.82, 2.24) is 0 Å². The Kier molecular flexibility index (Phi) is 59.6. The predicted molar refractivity (Wildman–Crippen MR) is 369 cm³/mol. The molecule has 0 bridgehead atoms. The van der Waals surface area contributed by atoms with Gasteiger partial charge in [0.25, 0.3) is 10.1 Å². The van der Waals surface area contributed by atoms with Crippen LogP contribution in [-0.2, 0) is 46.4 Å². The molecule has 0 aliphatic carbocycles. The minimum atomic E-state index is -3.97. The monoisotopic (exact) mass is 1170 g/mol. The zero-order valence-electron chi connectivity index (χ0n) is 57.3. The molecule has 0 amide bonds. The summed E-state index contributed by atoms with van der Waals surface area (Å²) in [7, 11) is -3.97. The van der Waals surface area contributed by atoms with Gasteiger partial charge in [0.2, 0.25) is 0 Å². The second-order valence-corrected chi connectivity index (χ2v) is 28.4. The molecule has 0 saturated heterocycles. The molecular formula is C78H150O3S. The fraction of sp³-hybridized carbons (Fsp3) is 0.923. The number of unbranched alkanes of at least 4 members (excludes halogenated alkanes) is 54. The molecule has 0 atom stereocenters. The standard InChI is InChI=1S/C78H150O3S/c1-7-13-19-25-31-37-43-49-55-61-67-73-74(68-62-56-50-44-38-32-26-20-14-8-2)76(70-64-58-52-46-40-34-28-22-16-10-4)78(82(79,80)81-72-66-60-54-48-42-36-30-24-18-12-6)77(71-65-59-53-47-41-35-29-23-17-11-5)75(73)69-63-57-51-45-39-33-27-21-15-9-3/h7-72H2,1-6H3. The van der Waals surface area contributed by atoms with Crippen LogP contribution in [-0.4, -0.2) is 15.0 Å². The third-order valence-corrected chi connectivity index (χ3v) is 20.4. The largest absolute Gasteiger partial charge is 0.297 e. The number of hydrogen-bond donors (Lipinski definition) is 0. The third kappa shape index (κ3) is 45.4. The summed E-state index contributed by atoms with van der Waals surface area (Å²) in [6.07, 6.45) is 83.7. The lowest BCUT2D eigenvalue weighted by atomic mass is 9.81. The average Bonchev–Trinajstić information content (AvgIpc) is 3.63. The molecule has 1 aromatic rings. The zero-order chi connectivity index (χ0) is 59.3. The highest BCUT2D eigenvalue weighted by atomic mass is 32.2. The molecule has 3 nitrogen and oxygen atoms in total. The van der Waals surface area contributed by atoms with E-state index in [1.54, 1.807) is 5.56 Å². The van der Waals surface area contributed by atoms with Gasteiger partial charge in [-0.2, -0.15) is 8.42 Å². The summed E-state index contributed by atoms with van der Waals surface area (Å²) in [4.78, 5) is 0.697. The Labute approximate surface area is 518 Å². The van der Waals surface area contributed by atoms with Crippen molar-refractivity contribution in [2.24, 2.45) is 0 Å². The second kappa shape index (κ2) is 61.8. The van der Waals surface area contributed by atoms with Gasteiger partial charge in [0, 0.05) is 0 Å². The Balaban J connectivity index is 3.87. The van der Waals surface area contributed by atoms with Crippen LogP contribution < -0.4 is 0 Å². The average molecular weight is 1170 g/mol. The summed E-state index contributed by atoms with van der Waals surface area (Å²) in [5.41, 5.74) is 7.07. The molecule has 0 unspecified atom stereocenters. The van der Waals surface area contributed by atoms with Gasteiger partial charge in [0.15, 0.2) is 0 Å². The van der Waals surface area contributed by atoms with Crippen LogP contribution in [0.4, 0.5) is 0 Å². The normalized spacial score (nSPS) is 12.0. The maximum absolute atomic E-state index is 15.6. The highest BCUT2D eigenvalue weighted by Gasteiger charge is 2.31. The summed E-state index contributed by atoms with van der Waals surface area (Å²) in [5.74, 6) is 0. The van der Waals surface area contributed by atoms with Crippen LogP contribution in [0.1, 0.15) is 455 Å². The smallest absolute Gasteiger partial charge is 0.266 e. The van der Waals surface area contributed by atoms with Gasteiger partial charge in [-0.1, -0.05) is 388 Å². The van der Waals surface area contributed by atoms with Gasteiger partial charge < -0.3 is 0 Å². The lowest BCUT2D eigenvalue weighted by Crippen LogP contribution is -2.20. The van der Waals surface area contributed by atoms with Crippen LogP contribution >= 0.6 is 0 Å². The van der Waals surface area contributed by atoms with Crippen molar-refractivity contribution in [2.75, 3.05) is 6.61 Å². The van der Waals surface area contributed by atoms with E-state index in [0.717, 1.165) is 57.8 Å². The van der Waals surface area contributed by atoms with E-state index in [-0.39, 0.29) is 0 Å². The van der Waals surface area contributed by atoms with E-state index in [0.29, 0.717) is 11.5 Å². The molecule has 0 spiro atoms. The van der Waals surface area contributed by atoms with Crippen molar-refractivity contribution in [2.45, 2.75) is 464 Å². The van der Waals surface area contributed by atoms with Crippen LogP contribution in [0.5, 0.6) is 0 Å². The van der Waals surface area contributed by atoms with Crippen molar-refractivity contribution in [3.05, 3.63) is 27.8 Å². The van der Waals surface area contributed by atoms with Crippen molar-refractivity contribution < 1.29 is 12.6 Å². The summed E-state index contributed by atoms with van der Waals surface area (Å²) in [6, 6.07) is 0. The molecule has 0 aliphatic heterocycles. The first-order valence-corrected chi connectivity index (χ1v) is 39.9. The van der Waals surface area contributed by atoms with Gasteiger partial charge in [-0.15, -0.1) is 0 Å². The fourth-order valence-electron chi connectivity index (χ4n) is 13.5. The van der Waals surface area contributed by atoms with Crippen LogP contribution in [0.15, 0.2) is 4.90 Å². The quantitative estimate of drug-likeness (QED) is 0.0482. The molecule has 0 radical (unpaired) electrons. The molecule has 0 N–H and O–H groups in total. The number of hydrogen-bond acceptors (Lipinski definition) is 3. The topological polar surface area (TPSA) is 43.4 Å². The summed E-state index contributed by atoms with van der Waals surface area (Å²) in [5, 5.41) is 0. The molecule has 0 heterocycles. The van der Waals surface area contributed by atoms with E-state index in [4.69, 9.17) is 4.18 Å². The van der Waals surface area contributed by atoms with Crippen LogP contribution in [0.2, 0.25) is 0 Å². The van der Waals surface area contributed by atoms with E-state index in [1.807, 2.05) is 0 Å². The first-order valence-electron chi connectivity index (χ1n) is 38.5. The molecule has 0 aliphatic rings. The summed E-state index contributed by atoms with van der Waals surface area (Å²) >= 11 is 0. The maximum Gasteiger partial charge on any atom is 0.297 e. The van der Waals surface area contributed by atoms with Gasteiger partial charge >= 0.3 is 0 Å². The second-order valence-electron chi connectivity index (χ2n) is 26.8. The highest BCUT2D eigenvalue weighted by molar-refractivity contribution is 7.86. The van der Waals surface area contributed by atoms with E-state index in [9.17, 15) is 0 Å². The molecule has 0 aromatic heterocycles. The van der Waals surface area contributed by atoms with Crippen molar-refractivity contribution in [3.63, 3.8) is 0 Å². The minimum Gasteiger partial charge on any atom is -0.266 e. The van der Waals surface area contributed by atoms with Gasteiger partial charge in [0.1, 0.15) is 4.90 Å². The van der Waals surface area contributed by atoms with Gasteiger partial charge in [0.05, 0.1) is 6.61 Å². The molecule has 0 saturated carbocycles. The Morgan fingerprint density at radius 3 is 0.537 bits per heavy atom. The Bertz CT molecular complexity index is 1490. The van der Waals surface area contributed by atoms with Crippen molar-refractivity contribution >= 4 is 10.1 Å². The van der Waals surface area contributed by atoms with Gasteiger partial charge in [-0.05, 0) is 98.4 Å². The Morgan fingerprint density at radius 2 is 0.341 bits per heavy atom. The molecule has 0 fully saturated rings. The van der Waals surface area contributed by atoms with E-state index < -0.39 is 10.1 Å². The first kappa shape index (κ1) is 79.1. The number of rotatable bonds is 68. The van der Waals surface area contributed by atoms with Crippen LogP contribution in [0, 0.1) is 0 Å². The molecule has 82 heavy (non-hydrogen) atoms. The Hall–Kier alpha value is -0.870. The molecule has 486 valence electrons. The lowest BCUT2D eigenvalue weighted by molar-refractivity contribution is 0.305. The maximum atomic E-state index is 15.6. The highest BCUT2D eigenvalue weighted by Crippen LogP contribution is 2.39. The molecule has 1 aromatic carbocycles. The van der Waals surface area contributed by atoms with E-state index in [2.05, 4.69) is 41.5 Å². The van der Waals surface area contributed by atoms with Gasteiger partial charge in [-0.25, -0.2) is 0 Å². The summed E-state index contributed by atoms with van der Waals surface area (Å²) in [6.45, 7) is 14.2. The SMILES string of the molecule is CCCCCCCCCCCCOS(=O)(=O)c1c(CCCCCCCCCCCC)c(CCCCCCCCCCCC)c(CCCCCCCCCCCC)c(CCCCCCCCCCCC)c1CCCCCCCCCCCC. The molecule has 1 rings (SSSR count). The predicted octanol–water partition coefficient (Wildman–Crippen LogP) is 27.6. The first-order chi connectivity index (χ1) is 40.4.